The van der Waals surface area contributed by atoms with Crippen molar-refractivity contribution in [3.63, 3.8) is 0 Å². The molecule has 2 rings (SSSR count). The van der Waals surface area contributed by atoms with Gasteiger partial charge in [-0.1, -0.05) is 23.2 Å². The molecular weight excluding hydrogens is 247 g/mol. The maximum absolute atomic E-state index is 8.80. The Balaban J connectivity index is 2.38. The summed E-state index contributed by atoms with van der Waals surface area (Å²) in [4.78, 5) is 0. The maximum atomic E-state index is 8.80. The molecular formula is C11H10Cl2N2O. The second-order valence-electron chi connectivity index (χ2n) is 3.32. The highest BCUT2D eigenvalue weighted by Crippen LogP contribution is 2.23. The highest BCUT2D eigenvalue weighted by Gasteiger charge is 2.05. The summed E-state index contributed by atoms with van der Waals surface area (Å²) >= 11 is 11.9. The first-order valence-corrected chi connectivity index (χ1v) is 5.57. The first-order valence-electron chi connectivity index (χ1n) is 4.81. The van der Waals surface area contributed by atoms with Crippen LogP contribution in [0.15, 0.2) is 30.5 Å². The van der Waals surface area contributed by atoms with Gasteiger partial charge in [-0.2, -0.15) is 5.10 Å². The molecule has 0 unspecified atom stereocenters. The summed E-state index contributed by atoms with van der Waals surface area (Å²) < 4.78 is 1.65. The molecule has 16 heavy (non-hydrogen) atoms. The van der Waals surface area contributed by atoms with E-state index in [9.17, 15) is 0 Å². The van der Waals surface area contributed by atoms with E-state index < -0.39 is 0 Å². The molecule has 0 amide bonds. The average Bonchev–Trinajstić information content (AvgIpc) is 2.71. The van der Waals surface area contributed by atoms with Crippen molar-refractivity contribution in [2.24, 2.45) is 0 Å². The van der Waals surface area contributed by atoms with Gasteiger partial charge in [0, 0.05) is 24.2 Å². The minimum Gasteiger partial charge on any atom is -0.396 e. The third-order valence-corrected chi connectivity index (χ3v) is 2.72. The van der Waals surface area contributed by atoms with Crippen molar-refractivity contribution >= 4 is 23.2 Å². The van der Waals surface area contributed by atoms with Crippen LogP contribution >= 0.6 is 23.2 Å². The molecule has 84 valence electrons. The van der Waals surface area contributed by atoms with Crippen LogP contribution in [0.4, 0.5) is 0 Å². The molecule has 1 heterocycles. The van der Waals surface area contributed by atoms with Gasteiger partial charge in [0.1, 0.15) is 0 Å². The van der Waals surface area contributed by atoms with Gasteiger partial charge >= 0.3 is 0 Å². The van der Waals surface area contributed by atoms with E-state index in [1.165, 1.54) is 0 Å². The minimum atomic E-state index is 0.0836. The summed E-state index contributed by atoms with van der Waals surface area (Å²) in [6.07, 6.45) is 2.33. The van der Waals surface area contributed by atoms with Crippen molar-refractivity contribution in [3.8, 4) is 5.69 Å². The topological polar surface area (TPSA) is 38.0 Å². The fourth-order valence-corrected chi connectivity index (χ4v) is 1.78. The lowest BCUT2D eigenvalue weighted by Gasteiger charge is -2.04. The Labute approximate surface area is 103 Å². The number of aliphatic hydroxyl groups is 1. The Morgan fingerprint density at radius 1 is 1.25 bits per heavy atom. The van der Waals surface area contributed by atoms with Gasteiger partial charge in [0.2, 0.25) is 0 Å². The molecule has 1 N–H and O–H groups in total. The van der Waals surface area contributed by atoms with E-state index in [1.54, 1.807) is 29.1 Å². The number of hydrogen-bond donors (Lipinski definition) is 1. The van der Waals surface area contributed by atoms with E-state index in [2.05, 4.69) is 5.10 Å². The minimum absolute atomic E-state index is 0.0836. The molecule has 1 aromatic heterocycles. The van der Waals surface area contributed by atoms with E-state index in [0.29, 0.717) is 16.5 Å². The smallest absolute Gasteiger partial charge is 0.0846 e. The van der Waals surface area contributed by atoms with Crippen LogP contribution in [-0.4, -0.2) is 21.5 Å². The molecule has 3 nitrogen and oxygen atoms in total. The molecule has 0 atom stereocenters. The van der Waals surface area contributed by atoms with Crippen LogP contribution in [0.25, 0.3) is 5.69 Å². The summed E-state index contributed by atoms with van der Waals surface area (Å²) in [5, 5.41) is 14.3. The van der Waals surface area contributed by atoms with Crippen molar-refractivity contribution < 1.29 is 5.11 Å². The number of hydrogen-bond acceptors (Lipinski definition) is 2. The first-order chi connectivity index (χ1) is 7.70. The highest BCUT2D eigenvalue weighted by molar-refractivity contribution is 6.34. The van der Waals surface area contributed by atoms with Crippen molar-refractivity contribution in [3.05, 3.63) is 46.2 Å². The van der Waals surface area contributed by atoms with Gasteiger partial charge in [0.25, 0.3) is 0 Å². The van der Waals surface area contributed by atoms with E-state index in [-0.39, 0.29) is 6.61 Å². The number of aliphatic hydroxyl groups excluding tert-OH is 1. The zero-order chi connectivity index (χ0) is 11.5. The second-order valence-corrected chi connectivity index (χ2v) is 4.16. The van der Waals surface area contributed by atoms with Gasteiger partial charge in [0.05, 0.1) is 16.4 Å². The van der Waals surface area contributed by atoms with Crippen molar-refractivity contribution in [2.45, 2.75) is 6.42 Å². The molecule has 0 aliphatic carbocycles. The molecule has 1 aromatic carbocycles. The third kappa shape index (κ3) is 2.38. The SMILES string of the molecule is OCCc1ccn(-c2cc(Cl)ccc2Cl)n1. The first kappa shape index (κ1) is 11.5. The number of nitrogens with zero attached hydrogens (tertiary/aromatic N) is 2. The van der Waals surface area contributed by atoms with Crippen LogP contribution in [0.1, 0.15) is 5.69 Å². The van der Waals surface area contributed by atoms with Crippen LogP contribution in [0, 0.1) is 0 Å². The second kappa shape index (κ2) is 4.87. The standard InChI is InChI=1S/C11H10Cl2N2O/c12-8-1-2-10(13)11(7-8)15-5-3-9(14-15)4-6-16/h1-3,5,7,16H,4,6H2. The Kier molecular flexibility index (Phi) is 3.49. The third-order valence-electron chi connectivity index (χ3n) is 2.17. The summed E-state index contributed by atoms with van der Waals surface area (Å²) in [6.45, 7) is 0.0836. The largest absolute Gasteiger partial charge is 0.396 e. The highest BCUT2D eigenvalue weighted by atomic mass is 35.5. The summed E-state index contributed by atoms with van der Waals surface area (Å²) in [7, 11) is 0. The van der Waals surface area contributed by atoms with E-state index in [1.807, 2.05) is 6.07 Å². The lowest BCUT2D eigenvalue weighted by atomic mass is 10.3. The van der Waals surface area contributed by atoms with Crippen LogP contribution in [0.2, 0.25) is 10.0 Å². The Hall–Kier alpha value is -1.03. The number of rotatable bonds is 3. The molecule has 0 aliphatic rings. The molecule has 0 bridgehead atoms. The Morgan fingerprint density at radius 2 is 2.06 bits per heavy atom. The Bertz CT molecular complexity index is 496. The summed E-state index contributed by atoms with van der Waals surface area (Å²) in [6, 6.07) is 7.05. The fraction of sp³-hybridized carbons (Fsp3) is 0.182. The van der Waals surface area contributed by atoms with Crippen molar-refractivity contribution in [1.29, 1.82) is 0 Å². The van der Waals surface area contributed by atoms with Crippen LogP contribution in [0.5, 0.6) is 0 Å². The summed E-state index contributed by atoms with van der Waals surface area (Å²) in [5.74, 6) is 0. The van der Waals surface area contributed by atoms with Crippen LogP contribution in [0.3, 0.4) is 0 Å². The predicted octanol–water partition coefficient (Wildman–Crippen LogP) is 2.71. The van der Waals surface area contributed by atoms with E-state index in [0.717, 1.165) is 11.4 Å². The van der Waals surface area contributed by atoms with Crippen LogP contribution < -0.4 is 0 Å². The lowest BCUT2D eigenvalue weighted by Crippen LogP contribution is -1.98. The van der Waals surface area contributed by atoms with Gasteiger partial charge in [-0.15, -0.1) is 0 Å². The van der Waals surface area contributed by atoms with Gasteiger partial charge in [-0.05, 0) is 24.3 Å². The lowest BCUT2D eigenvalue weighted by molar-refractivity contribution is 0.298. The molecule has 0 fully saturated rings. The van der Waals surface area contributed by atoms with E-state index >= 15 is 0 Å². The van der Waals surface area contributed by atoms with Gasteiger partial charge in [-0.3, -0.25) is 0 Å². The zero-order valence-corrected chi connectivity index (χ0v) is 9.91. The predicted molar refractivity (Wildman–Crippen MR) is 64.4 cm³/mol. The molecule has 2 aromatic rings. The Morgan fingerprint density at radius 3 is 2.81 bits per heavy atom. The molecule has 0 radical (unpaired) electrons. The van der Waals surface area contributed by atoms with Crippen molar-refractivity contribution in [1.82, 2.24) is 9.78 Å². The van der Waals surface area contributed by atoms with Gasteiger partial charge in [0.15, 0.2) is 0 Å². The van der Waals surface area contributed by atoms with Crippen molar-refractivity contribution in [2.75, 3.05) is 6.61 Å². The van der Waals surface area contributed by atoms with Crippen LogP contribution in [-0.2, 0) is 6.42 Å². The molecule has 0 saturated heterocycles. The van der Waals surface area contributed by atoms with Gasteiger partial charge in [-0.25, -0.2) is 4.68 Å². The number of aromatic nitrogens is 2. The quantitative estimate of drug-likeness (QED) is 0.917. The van der Waals surface area contributed by atoms with E-state index in [4.69, 9.17) is 28.3 Å². The molecule has 0 aliphatic heterocycles. The zero-order valence-electron chi connectivity index (χ0n) is 8.40. The number of benzene rings is 1. The number of halogens is 2. The average molecular weight is 257 g/mol. The molecule has 5 heteroatoms. The van der Waals surface area contributed by atoms with Gasteiger partial charge < -0.3 is 5.11 Å². The fourth-order valence-electron chi connectivity index (χ4n) is 1.41. The molecule has 0 spiro atoms. The maximum Gasteiger partial charge on any atom is 0.0846 e. The molecule has 0 saturated carbocycles. The monoisotopic (exact) mass is 256 g/mol. The normalized spacial score (nSPS) is 10.7. The summed E-state index contributed by atoms with van der Waals surface area (Å²) in [5.41, 5.74) is 1.55.